The van der Waals surface area contributed by atoms with Crippen molar-refractivity contribution in [1.82, 2.24) is 0 Å². The summed E-state index contributed by atoms with van der Waals surface area (Å²) >= 11 is 0. The number of benzene rings is 2. The van der Waals surface area contributed by atoms with Crippen molar-refractivity contribution < 1.29 is 36.0 Å². The number of hydrogen-bond donors (Lipinski definition) is 0. The molecule has 7 heteroatoms. The summed E-state index contributed by atoms with van der Waals surface area (Å²) < 4.78 is 20.9. The first-order valence-corrected chi connectivity index (χ1v) is 9.30. The average Bonchev–Trinajstić information content (AvgIpc) is 2.55. The third-order valence-electron chi connectivity index (χ3n) is 3.11. The van der Waals surface area contributed by atoms with Gasteiger partial charge in [-0.25, -0.2) is 0 Å². The van der Waals surface area contributed by atoms with Crippen molar-refractivity contribution >= 4 is 26.7 Å². The predicted molar refractivity (Wildman–Crippen MR) is 86.1 cm³/mol. The summed E-state index contributed by atoms with van der Waals surface area (Å²) in [6, 6.07) is 13.9. The molecule has 0 fully saturated rings. The van der Waals surface area contributed by atoms with Gasteiger partial charge in [0.15, 0.2) is 10.6 Å². The monoisotopic (exact) mass is 399 g/mol. The standard InChI is InChI=1S/2C8H9O2P.Cu/c2*1-2-7-3-5-8(6-4-7)11(9)10;/h2*3-6H,2H2,1H3;/q;;+2. The Morgan fingerprint density at radius 2 is 0.957 bits per heavy atom. The smallest absolute Gasteiger partial charge is 0.591 e. The van der Waals surface area contributed by atoms with E-state index in [0.717, 1.165) is 24.0 Å². The van der Waals surface area contributed by atoms with Gasteiger partial charge in [-0.15, -0.1) is 0 Å². The van der Waals surface area contributed by atoms with Crippen LogP contribution in [0.15, 0.2) is 48.5 Å². The van der Waals surface area contributed by atoms with Crippen molar-refractivity contribution in [2.24, 2.45) is 0 Å². The summed E-state index contributed by atoms with van der Waals surface area (Å²) in [5.74, 6) is 0. The van der Waals surface area contributed by atoms with Crippen LogP contribution in [0.5, 0.6) is 0 Å². The maximum atomic E-state index is 10.4. The van der Waals surface area contributed by atoms with Crippen LogP contribution in [0, 0.1) is 0 Å². The molecule has 2 aromatic carbocycles. The van der Waals surface area contributed by atoms with Gasteiger partial charge < -0.3 is 9.79 Å². The summed E-state index contributed by atoms with van der Waals surface area (Å²) in [7, 11) is -4.83. The second kappa shape index (κ2) is 11.6. The van der Waals surface area contributed by atoms with E-state index < -0.39 is 16.1 Å². The molecule has 0 saturated carbocycles. The van der Waals surface area contributed by atoms with Gasteiger partial charge in [-0.3, -0.25) is 0 Å². The molecule has 0 aromatic heterocycles. The minimum atomic E-state index is -2.41. The number of hydrogen-bond acceptors (Lipinski definition) is 4. The van der Waals surface area contributed by atoms with Gasteiger partial charge in [-0.2, -0.15) is 0 Å². The van der Waals surface area contributed by atoms with Crippen LogP contribution >= 0.6 is 16.1 Å². The van der Waals surface area contributed by atoms with Crippen molar-refractivity contribution in [3.05, 3.63) is 59.7 Å². The van der Waals surface area contributed by atoms with Gasteiger partial charge in [0, 0.05) is 0 Å². The van der Waals surface area contributed by atoms with Crippen LogP contribution in [0.3, 0.4) is 0 Å². The van der Waals surface area contributed by atoms with Crippen LogP contribution in [-0.4, -0.2) is 0 Å². The Balaban J connectivity index is 0.000000403. The minimum Gasteiger partial charge on any atom is -0.591 e. The van der Waals surface area contributed by atoms with E-state index in [9.17, 15) is 18.9 Å². The molecule has 23 heavy (non-hydrogen) atoms. The molecule has 2 unspecified atom stereocenters. The summed E-state index contributed by atoms with van der Waals surface area (Å²) in [5, 5.41) is 0.773. The third kappa shape index (κ3) is 7.94. The van der Waals surface area contributed by atoms with Crippen LogP contribution in [0.1, 0.15) is 25.0 Å². The Morgan fingerprint density at radius 1 is 0.696 bits per heavy atom. The molecule has 0 aliphatic carbocycles. The van der Waals surface area contributed by atoms with Crippen LogP contribution in [0.4, 0.5) is 0 Å². The van der Waals surface area contributed by atoms with E-state index in [0.29, 0.717) is 10.6 Å². The molecule has 0 N–H and O–H groups in total. The van der Waals surface area contributed by atoms with Crippen LogP contribution in [0.2, 0.25) is 0 Å². The van der Waals surface area contributed by atoms with Crippen LogP contribution in [0.25, 0.3) is 0 Å². The summed E-state index contributed by atoms with van der Waals surface area (Å²) in [5.41, 5.74) is 2.32. The van der Waals surface area contributed by atoms with Gasteiger partial charge in [0.25, 0.3) is 0 Å². The molecular weight excluding hydrogens is 382 g/mol. The predicted octanol–water partition coefficient (Wildman–Crippen LogP) is 1.95. The Morgan fingerprint density at radius 3 is 1.13 bits per heavy atom. The fraction of sp³-hybridized carbons (Fsp3) is 0.250. The molecule has 2 atom stereocenters. The maximum Gasteiger partial charge on any atom is 2.00 e. The summed E-state index contributed by atoms with van der Waals surface area (Å²) in [6.07, 6.45) is 1.88. The van der Waals surface area contributed by atoms with Crippen LogP contribution < -0.4 is 20.4 Å². The maximum absolute atomic E-state index is 10.4. The largest absolute Gasteiger partial charge is 2.00 e. The van der Waals surface area contributed by atoms with Gasteiger partial charge >= 0.3 is 33.1 Å². The zero-order chi connectivity index (χ0) is 16.5. The molecule has 0 heterocycles. The average molecular weight is 400 g/mol. The second-order valence-corrected chi connectivity index (χ2v) is 6.62. The summed E-state index contributed by atoms with van der Waals surface area (Å²) in [4.78, 5) is 20.9. The topological polar surface area (TPSA) is 80.3 Å². The Kier molecular flexibility index (Phi) is 11.1. The van der Waals surface area contributed by atoms with E-state index in [1.165, 1.54) is 0 Å². The van der Waals surface area contributed by atoms with E-state index >= 15 is 0 Å². The molecule has 2 rings (SSSR count). The van der Waals surface area contributed by atoms with Crippen molar-refractivity contribution in [1.29, 1.82) is 0 Å². The van der Waals surface area contributed by atoms with E-state index in [4.69, 9.17) is 0 Å². The molecule has 0 aliphatic heterocycles. The number of rotatable bonds is 4. The molecule has 2 aromatic rings. The molecular formula is C16H18CuO4P2+2. The first-order valence-electron chi connectivity index (χ1n) is 6.94. The van der Waals surface area contributed by atoms with E-state index in [1.54, 1.807) is 24.3 Å². The Hall–Kier alpha value is -0.921. The van der Waals surface area contributed by atoms with Gasteiger partial charge in [0.05, 0.1) is 0 Å². The molecule has 1 radical (unpaired) electrons. The molecule has 0 bridgehead atoms. The van der Waals surface area contributed by atoms with E-state index in [2.05, 4.69) is 0 Å². The molecule has 0 saturated heterocycles. The molecule has 0 aliphatic rings. The van der Waals surface area contributed by atoms with Gasteiger partial charge in [0.1, 0.15) is 0 Å². The zero-order valence-corrected chi connectivity index (χ0v) is 15.6. The fourth-order valence-electron chi connectivity index (χ4n) is 1.71. The second-order valence-electron chi connectivity index (χ2n) is 4.55. The Bertz CT molecular complexity index is 570. The van der Waals surface area contributed by atoms with Crippen molar-refractivity contribution in [3.8, 4) is 0 Å². The van der Waals surface area contributed by atoms with Gasteiger partial charge in [-0.05, 0) is 48.2 Å². The summed E-state index contributed by atoms with van der Waals surface area (Å²) in [6.45, 7) is 4.07. The van der Waals surface area contributed by atoms with Gasteiger partial charge in [-0.1, -0.05) is 47.2 Å². The SMILES string of the molecule is CCc1ccc([P+](=O)[O-])cc1.CCc1ccc([P+](=O)[O-])cc1.[Cu+2]. The first-order chi connectivity index (χ1) is 10.5. The molecule has 0 spiro atoms. The Labute approximate surface area is 149 Å². The van der Waals surface area contributed by atoms with Crippen molar-refractivity contribution in [2.75, 3.05) is 0 Å². The van der Waals surface area contributed by atoms with E-state index in [1.807, 2.05) is 38.1 Å². The molecule has 0 amide bonds. The van der Waals surface area contributed by atoms with Gasteiger partial charge in [0.2, 0.25) is 0 Å². The zero-order valence-electron chi connectivity index (χ0n) is 12.9. The molecule has 125 valence electrons. The molecule has 4 nitrogen and oxygen atoms in total. The fourth-order valence-corrected chi connectivity index (χ4v) is 2.49. The minimum absolute atomic E-state index is 0. The quantitative estimate of drug-likeness (QED) is 0.581. The van der Waals surface area contributed by atoms with Crippen molar-refractivity contribution in [2.45, 2.75) is 26.7 Å². The normalized spacial score (nSPS) is 10.8. The number of aryl methyl sites for hydroxylation is 2. The van der Waals surface area contributed by atoms with Crippen molar-refractivity contribution in [3.63, 3.8) is 0 Å². The van der Waals surface area contributed by atoms with E-state index in [-0.39, 0.29) is 17.1 Å². The van der Waals surface area contributed by atoms with Crippen LogP contribution in [-0.2, 0) is 39.0 Å². The third-order valence-corrected chi connectivity index (χ3v) is 4.55. The first kappa shape index (κ1) is 22.1.